The maximum Gasteiger partial charge on any atom is 0.253 e. The molecule has 0 unspecified atom stereocenters. The van der Waals surface area contributed by atoms with Crippen molar-refractivity contribution in [2.75, 3.05) is 49.3 Å². The van der Waals surface area contributed by atoms with Crippen LogP contribution in [0.2, 0.25) is 0 Å². The quantitative estimate of drug-likeness (QED) is 0.375. The fourth-order valence-corrected chi connectivity index (χ4v) is 7.58. The summed E-state index contributed by atoms with van der Waals surface area (Å²) in [5.74, 6) is 1.22. The highest BCUT2D eigenvalue weighted by Crippen LogP contribution is 2.34. The second-order valence-electron chi connectivity index (χ2n) is 11.7. The molecule has 0 spiro atoms. The summed E-state index contributed by atoms with van der Waals surface area (Å²) in [6, 6.07) is 15.0. The molecule has 1 aromatic heterocycles. The Labute approximate surface area is 257 Å². The van der Waals surface area contributed by atoms with E-state index in [1.165, 1.54) is 5.56 Å². The van der Waals surface area contributed by atoms with Gasteiger partial charge in [0, 0.05) is 83.6 Å². The first-order valence-electron chi connectivity index (χ1n) is 15.4. The van der Waals surface area contributed by atoms with Crippen molar-refractivity contribution < 1.29 is 13.7 Å². The second kappa shape index (κ2) is 14.0. The molecule has 230 valence electrons. The third-order valence-electron chi connectivity index (χ3n) is 8.79. The molecule has 43 heavy (non-hydrogen) atoms. The van der Waals surface area contributed by atoms with Crippen LogP contribution in [0.1, 0.15) is 58.1 Å². The average Bonchev–Trinajstić information content (AvgIpc) is 2.99. The van der Waals surface area contributed by atoms with Crippen molar-refractivity contribution in [1.29, 1.82) is 0 Å². The van der Waals surface area contributed by atoms with Gasteiger partial charge in [0.05, 0.1) is 13.2 Å². The van der Waals surface area contributed by atoms with Crippen LogP contribution >= 0.6 is 0 Å². The zero-order chi connectivity index (χ0) is 30.5. The number of ether oxygens (including phenoxy) is 1. The number of aromatic amines is 1. The fraction of sp³-hybridized carbons (Fsp3) is 0.471. The molecule has 1 amide bonds. The van der Waals surface area contributed by atoms with Crippen molar-refractivity contribution in [2.24, 2.45) is 0 Å². The van der Waals surface area contributed by atoms with Gasteiger partial charge in [-0.05, 0) is 86.6 Å². The average molecular weight is 605 g/mol. The van der Waals surface area contributed by atoms with E-state index in [2.05, 4.69) is 57.4 Å². The standard InChI is InChI=1S/C34H44N4O4S/c1-5-38(29-10-16-43(41)17-11-29)32-20-28(27-8-6-26(7-9-27)22-37-12-14-42-15-13-37)19-30(25(32)4)33(39)35-21-31-23(2)18-24(3)36-34(31)40/h6-9,18-20,29H,5,10-17,21-22H2,1-4H3,(H,35,39)(H,36,40). The van der Waals surface area contributed by atoms with Gasteiger partial charge in [0.2, 0.25) is 0 Å². The SMILES string of the molecule is CCN(c1cc(-c2ccc(CN3CCOCC3)cc2)cc(C(=O)NCc2c(C)cc(C)[nH]c2=O)c1C)C1CCS(=O)CC1. The zero-order valence-corrected chi connectivity index (χ0v) is 26.6. The number of benzene rings is 2. The van der Waals surface area contributed by atoms with E-state index in [0.717, 1.165) is 85.9 Å². The zero-order valence-electron chi connectivity index (χ0n) is 25.8. The number of anilines is 1. The van der Waals surface area contributed by atoms with Gasteiger partial charge in [-0.2, -0.15) is 0 Å². The number of hydrogen-bond acceptors (Lipinski definition) is 6. The number of carbonyl (C=O) groups excluding carboxylic acids is 1. The van der Waals surface area contributed by atoms with Crippen molar-refractivity contribution >= 4 is 22.4 Å². The molecule has 8 nitrogen and oxygen atoms in total. The first kappa shape index (κ1) is 31.2. The number of nitrogens with one attached hydrogen (secondary N) is 2. The van der Waals surface area contributed by atoms with Crippen LogP contribution in [0, 0.1) is 20.8 Å². The number of aryl methyl sites for hydroxylation is 2. The number of carbonyl (C=O) groups is 1. The number of amides is 1. The van der Waals surface area contributed by atoms with Gasteiger partial charge in [0.25, 0.3) is 11.5 Å². The minimum absolute atomic E-state index is 0.154. The van der Waals surface area contributed by atoms with Crippen LogP contribution in [0.4, 0.5) is 5.69 Å². The summed E-state index contributed by atoms with van der Waals surface area (Å²) in [7, 11) is -0.748. The summed E-state index contributed by atoms with van der Waals surface area (Å²) in [5, 5.41) is 3.03. The highest BCUT2D eigenvalue weighted by molar-refractivity contribution is 7.85. The fourth-order valence-electron chi connectivity index (χ4n) is 6.30. The molecule has 9 heteroatoms. The van der Waals surface area contributed by atoms with Crippen LogP contribution in [0.5, 0.6) is 0 Å². The van der Waals surface area contributed by atoms with E-state index in [9.17, 15) is 13.8 Å². The van der Waals surface area contributed by atoms with Crippen LogP contribution in [0.3, 0.4) is 0 Å². The smallest absolute Gasteiger partial charge is 0.253 e. The Hall–Kier alpha value is -3.27. The molecule has 2 aliphatic rings. The number of hydrogen-bond donors (Lipinski definition) is 2. The minimum Gasteiger partial charge on any atom is -0.379 e. The van der Waals surface area contributed by atoms with Gasteiger partial charge in [-0.3, -0.25) is 18.7 Å². The normalized spacial score (nSPS) is 19.3. The molecule has 0 radical (unpaired) electrons. The molecule has 2 aliphatic heterocycles. The summed E-state index contributed by atoms with van der Waals surface area (Å²) in [6.45, 7) is 13.2. The Morgan fingerprint density at radius 1 is 1.05 bits per heavy atom. The van der Waals surface area contributed by atoms with E-state index >= 15 is 0 Å². The van der Waals surface area contributed by atoms with Crippen LogP contribution in [0.15, 0.2) is 47.3 Å². The van der Waals surface area contributed by atoms with Crippen molar-refractivity contribution in [3.8, 4) is 11.1 Å². The summed E-state index contributed by atoms with van der Waals surface area (Å²) in [4.78, 5) is 34.0. The molecule has 3 aromatic rings. The number of morpholine rings is 1. The number of aromatic nitrogens is 1. The van der Waals surface area contributed by atoms with Gasteiger partial charge >= 0.3 is 0 Å². The summed E-state index contributed by atoms with van der Waals surface area (Å²) in [6.07, 6.45) is 1.74. The topological polar surface area (TPSA) is 94.7 Å². The molecule has 0 atom stereocenters. The first-order valence-corrected chi connectivity index (χ1v) is 16.9. The van der Waals surface area contributed by atoms with Gasteiger partial charge in [0.15, 0.2) is 0 Å². The monoisotopic (exact) mass is 604 g/mol. The van der Waals surface area contributed by atoms with Crippen molar-refractivity contribution in [1.82, 2.24) is 15.2 Å². The number of H-pyrrole nitrogens is 1. The predicted octanol–water partition coefficient (Wildman–Crippen LogP) is 4.47. The van der Waals surface area contributed by atoms with Crippen molar-refractivity contribution in [3.63, 3.8) is 0 Å². The van der Waals surface area contributed by atoms with E-state index in [1.54, 1.807) is 0 Å². The van der Waals surface area contributed by atoms with Crippen molar-refractivity contribution in [2.45, 2.75) is 59.7 Å². The molecule has 5 rings (SSSR count). The third kappa shape index (κ3) is 7.45. The van der Waals surface area contributed by atoms with Crippen molar-refractivity contribution in [3.05, 3.63) is 86.3 Å². The highest BCUT2D eigenvalue weighted by atomic mass is 32.2. The summed E-state index contributed by atoms with van der Waals surface area (Å²) >= 11 is 0. The maximum atomic E-state index is 13.8. The second-order valence-corrected chi connectivity index (χ2v) is 13.4. The lowest BCUT2D eigenvalue weighted by Gasteiger charge is -2.36. The Bertz CT molecular complexity index is 1520. The van der Waals surface area contributed by atoms with E-state index in [-0.39, 0.29) is 24.1 Å². The van der Waals surface area contributed by atoms with Gasteiger partial charge < -0.3 is 19.9 Å². The third-order valence-corrected chi connectivity index (χ3v) is 10.2. The Kier molecular flexibility index (Phi) is 10.2. The predicted molar refractivity (Wildman–Crippen MR) is 174 cm³/mol. The lowest BCUT2D eigenvalue weighted by atomic mass is 9.95. The van der Waals surface area contributed by atoms with E-state index < -0.39 is 10.8 Å². The van der Waals surface area contributed by atoms with Crippen LogP contribution in [-0.2, 0) is 28.6 Å². The molecule has 2 aromatic carbocycles. The molecule has 0 bridgehead atoms. The largest absolute Gasteiger partial charge is 0.379 e. The number of rotatable bonds is 9. The van der Waals surface area contributed by atoms with E-state index in [0.29, 0.717) is 22.6 Å². The Morgan fingerprint density at radius 3 is 2.40 bits per heavy atom. The summed E-state index contributed by atoms with van der Waals surface area (Å²) in [5.41, 5.74) is 7.87. The van der Waals surface area contributed by atoms with Gasteiger partial charge in [-0.25, -0.2) is 0 Å². The molecule has 3 heterocycles. The molecule has 0 saturated carbocycles. The number of pyridine rings is 1. The highest BCUT2D eigenvalue weighted by Gasteiger charge is 2.26. The van der Waals surface area contributed by atoms with E-state index in [4.69, 9.17) is 4.74 Å². The Balaban J connectivity index is 1.47. The van der Waals surface area contributed by atoms with Crippen LogP contribution in [-0.4, -0.2) is 70.4 Å². The first-order chi connectivity index (χ1) is 20.7. The minimum atomic E-state index is -0.748. The maximum absolute atomic E-state index is 13.8. The molecule has 2 saturated heterocycles. The molecule has 2 N–H and O–H groups in total. The van der Waals surface area contributed by atoms with Crippen LogP contribution < -0.4 is 15.8 Å². The van der Waals surface area contributed by atoms with Crippen LogP contribution in [0.25, 0.3) is 11.1 Å². The molecular formula is C34H44N4O4S. The lowest BCUT2D eigenvalue weighted by Crippen LogP contribution is -2.40. The molecule has 2 fully saturated rings. The number of nitrogens with zero attached hydrogens (tertiary/aromatic N) is 2. The molecular weight excluding hydrogens is 560 g/mol. The lowest BCUT2D eigenvalue weighted by molar-refractivity contribution is 0.0342. The van der Waals surface area contributed by atoms with Gasteiger partial charge in [-0.1, -0.05) is 24.3 Å². The molecule has 0 aliphatic carbocycles. The van der Waals surface area contributed by atoms with Gasteiger partial charge in [-0.15, -0.1) is 0 Å². The Morgan fingerprint density at radius 2 is 1.74 bits per heavy atom. The van der Waals surface area contributed by atoms with Gasteiger partial charge in [0.1, 0.15) is 0 Å². The van der Waals surface area contributed by atoms with E-state index in [1.807, 2.05) is 32.9 Å². The summed E-state index contributed by atoms with van der Waals surface area (Å²) < 4.78 is 17.6.